The SMILES string of the molecule is OC1(CNCc2ccncc2)CCCCCC1. The molecule has 94 valence electrons. The monoisotopic (exact) mass is 234 g/mol. The molecule has 1 aliphatic carbocycles. The second kappa shape index (κ2) is 6.12. The van der Waals surface area contributed by atoms with Crippen LogP contribution in [-0.4, -0.2) is 22.2 Å². The summed E-state index contributed by atoms with van der Waals surface area (Å²) in [6, 6.07) is 4.01. The lowest BCUT2D eigenvalue weighted by atomic mass is 9.94. The summed E-state index contributed by atoms with van der Waals surface area (Å²) in [5, 5.41) is 13.8. The van der Waals surface area contributed by atoms with E-state index in [4.69, 9.17) is 0 Å². The Kier molecular flexibility index (Phi) is 4.51. The third-order valence-corrected chi connectivity index (χ3v) is 3.57. The highest BCUT2D eigenvalue weighted by atomic mass is 16.3. The van der Waals surface area contributed by atoms with Gasteiger partial charge >= 0.3 is 0 Å². The minimum Gasteiger partial charge on any atom is -0.389 e. The Morgan fingerprint density at radius 1 is 1.12 bits per heavy atom. The van der Waals surface area contributed by atoms with Crippen molar-refractivity contribution >= 4 is 0 Å². The zero-order valence-corrected chi connectivity index (χ0v) is 10.4. The Morgan fingerprint density at radius 3 is 2.41 bits per heavy atom. The molecule has 1 saturated carbocycles. The third-order valence-electron chi connectivity index (χ3n) is 3.57. The molecule has 1 aromatic heterocycles. The molecule has 1 heterocycles. The normalized spacial score (nSPS) is 19.8. The van der Waals surface area contributed by atoms with Gasteiger partial charge in [0.15, 0.2) is 0 Å². The molecule has 2 N–H and O–H groups in total. The Morgan fingerprint density at radius 2 is 1.76 bits per heavy atom. The van der Waals surface area contributed by atoms with Gasteiger partial charge in [-0.15, -0.1) is 0 Å². The highest BCUT2D eigenvalue weighted by Gasteiger charge is 2.27. The number of aliphatic hydroxyl groups is 1. The van der Waals surface area contributed by atoms with Crippen LogP contribution < -0.4 is 5.32 Å². The maximum absolute atomic E-state index is 10.5. The van der Waals surface area contributed by atoms with E-state index in [9.17, 15) is 5.11 Å². The molecule has 2 rings (SSSR count). The number of nitrogens with one attached hydrogen (secondary N) is 1. The molecule has 0 aromatic carbocycles. The fraction of sp³-hybridized carbons (Fsp3) is 0.643. The van der Waals surface area contributed by atoms with Gasteiger partial charge in [0.1, 0.15) is 0 Å². The van der Waals surface area contributed by atoms with Gasteiger partial charge in [0.05, 0.1) is 5.60 Å². The predicted molar refractivity (Wildman–Crippen MR) is 68.6 cm³/mol. The minimum absolute atomic E-state index is 0.483. The highest BCUT2D eigenvalue weighted by molar-refractivity contribution is 5.09. The molecule has 3 nitrogen and oxygen atoms in total. The van der Waals surface area contributed by atoms with Gasteiger partial charge in [-0.3, -0.25) is 4.98 Å². The van der Waals surface area contributed by atoms with Crippen molar-refractivity contribution < 1.29 is 5.11 Å². The van der Waals surface area contributed by atoms with Crippen LogP contribution in [0.5, 0.6) is 0 Å². The lowest BCUT2D eigenvalue weighted by molar-refractivity contribution is 0.0250. The lowest BCUT2D eigenvalue weighted by Gasteiger charge is -2.27. The van der Waals surface area contributed by atoms with E-state index < -0.39 is 5.60 Å². The Labute approximate surface area is 103 Å². The van der Waals surface area contributed by atoms with Gasteiger partial charge in [-0.05, 0) is 30.5 Å². The number of hydrogen-bond donors (Lipinski definition) is 2. The summed E-state index contributed by atoms with van der Waals surface area (Å²) in [5.41, 5.74) is 0.737. The average Bonchev–Trinajstić information content (AvgIpc) is 2.56. The maximum Gasteiger partial charge on any atom is 0.0771 e. The molecule has 0 radical (unpaired) electrons. The number of aromatic nitrogens is 1. The first-order chi connectivity index (χ1) is 8.29. The predicted octanol–water partition coefficient (Wildman–Crippen LogP) is 2.26. The van der Waals surface area contributed by atoms with Crippen LogP contribution in [0.15, 0.2) is 24.5 Å². The van der Waals surface area contributed by atoms with E-state index in [0.717, 1.165) is 32.2 Å². The van der Waals surface area contributed by atoms with Gasteiger partial charge in [-0.1, -0.05) is 25.7 Å². The van der Waals surface area contributed by atoms with Crippen LogP contribution in [0, 0.1) is 0 Å². The van der Waals surface area contributed by atoms with Gasteiger partial charge in [0, 0.05) is 25.5 Å². The number of rotatable bonds is 4. The molecule has 1 aliphatic rings. The lowest BCUT2D eigenvalue weighted by Crippen LogP contribution is -2.39. The smallest absolute Gasteiger partial charge is 0.0771 e. The zero-order valence-electron chi connectivity index (χ0n) is 10.4. The molecular weight excluding hydrogens is 212 g/mol. The first kappa shape index (κ1) is 12.5. The van der Waals surface area contributed by atoms with Crippen molar-refractivity contribution in [2.75, 3.05) is 6.54 Å². The van der Waals surface area contributed by atoms with Crippen molar-refractivity contribution in [2.45, 2.75) is 50.7 Å². The van der Waals surface area contributed by atoms with Crippen molar-refractivity contribution in [3.8, 4) is 0 Å². The van der Waals surface area contributed by atoms with Crippen molar-refractivity contribution in [3.63, 3.8) is 0 Å². The largest absolute Gasteiger partial charge is 0.389 e. The molecule has 17 heavy (non-hydrogen) atoms. The van der Waals surface area contributed by atoms with Crippen LogP contribution in [0.1, 0.15) is 44.1 Å². The summed E-state index contributed by atoms with van der Waals surface area (Å²) in [5.74, 6) is 0. The molecule has 0 spiro atoms. The van der Waals surface area contributed by atoms with E-state index >= 15 is 0 Å². The van der Waals surface area contributed by atoms with Crippen LogP contribution in [0.4, 0.5) is 0 Å². The third kappa shape index (κ3) is 4.10. The quantitative estimate of drug-likeness (QED) is 0.785. The molecule has 0 bridgehead atoms. The summed E-state index contributed by atoms with van der Waals surface area (Å²) in [6.45, 7) is 1.51. The van der Waals surface area contributed by atoms with E-state index in [1.54, 1.807) is 12.4 Å². The van der Waals surface area contributed by atoms with Crippen LogP contribution in [0.25, 0.3) is 0 Å². The molecule has 0 unspecified atom stereocenters. The van der Waals surface area contributed by atoms with Gasteiger partial charge in [0.2, 0.25) is 0 Å². The Hall–Kier alpha value is -0.930. The molecule has 0 aliphatic heterocycles. The topological polar surface area (TPSA) is 45.1 Å². The van der Waals surface area contributed by atoms with Crippen LogP contribution in [-0.2, 0) is 6.54 Å². The summed E-state index contributed by atoms with van der Waals surface area (Å²) in [6.07, 6.45) is 10.3. The summed E-state index contributed by atoms with van der Waals surface area (Å²) >= 11 is 0. The molecule has 3 heteroatoms. The van der Waals surface area contributed by atoms with Gasteiger partial charge in [-0.25, -0.2) is 0 Å². The fourth-order valence-electron chi connectivity index (χ4n) is 2.50. The Bertz CT molecular complexity index is 318. The van der Waals surface area contributed by atoms with Gasteiger partial charge < -0.3 is 10.4 Å². The van der Waals surface area contributed by atoms with E-state index in [-0.39, 0.29) is 0 Å². The molecule has 0 atom stereocenters. The van der Waals surface area contributed by atoms with E-state index in [0.29, 0.717) is 6.54 Å². The first-order valence-corrected chi connectivity index (χ1v) is 6.61. The standard InChI is InChI=1S/C14H22N2O/c17-14(7-3-1-2-4-8-14)12-16-11-13-5-9-15-10-6-13/h5-6,9-10,16-17H,1-4,7-8,11-12H2. The van der Waals surface area contributed by atoms with E-state index in [1.165, 1.54) is 18.4 Å². The van der Waals surface area contributed by atoms with E-state index in [1.807, 2.05) is 12.1 Å². The average molecular weight is 234 g/mol. The second-order valence-corrected chi connectivity index (χ2v) is 5.10. The maximum atomic E-state index is 10.5. The highest BCUT2D eigenvalue weighted by Crippen LogP contribution is 2.26. The molecule has 0 amide bonds. The molecule has 0 saturated heterocycles. The number of hydrogen-bond acceptors (Lipinski definition) is 3. The van der Waals surface area contributed by atoms with Crippen LogP contribution in [0.3, 0.4) is 0 Å². The summed E-state index contributed by atoms with van der Waals surface area (Å²) < 4.78 is 0. The van der Waals surface area contributed by atoms with Crippen molar-refractivity contribution in [1.29, 1.82) is 0 Å². The van der Waals surface area contributed by atoms with Gasteiger partial charge in [0.25, 0.3) is 0 Å². The van der Waals surface area contributed by atoms with Crippen molar-refractivity contribution in [1.82, 2.24) is 10.3 Å². The second-order valence-electron chi connectivity index (χ2n) is 5.10. The minimum atomic E-state index is -0.483. The first-order valence-electron chi connectivity index (χ1n) is 6.61. The fourth-order valence-corrected chi connectivity index (χ4v) is 2.50. The summed E-state index contributed by atoms with van der Waals surface area (Å²) in [7, 11) is 0. The molecule has 1 fully saturated rings. The van der Waals surface area contributed by atoms with Crippen molar-refractivity contribution in [3.05, 3.63) is 30.1 Å². The Balaban J connectivity index is 1.77. The van der Waals surface area contributed by atoms with Gasteiger partial charge in [-0.2, -0.15) is 0 Å². The number of nitrogens with zero attached hydrogens (tertiary/aromatic N) is 1. The summed E-state index contributed by atoms with van der Waals surface area (Å²) in [4.78, 5) is 3.99. The molecular formula is C14H22N2O. The molecule has 1 aromatic rings. The van der Waals surface area contributed by atoms with Crippen LogP contribution in [0.2, 0.25) is 0 Å². The number of pyridine rings is 1. The van der Waals surface area contributed by atoms with Crippen LogP contribution >= 0.6 is 0 Å². The zero-order chi connectivity index (χ0) is 12.0. The van der Waals surface area contributed by atoms with Crippen molar-refractivity contribution in [2.24, 2.45) is 0 Å². The van der Waals surface area contributed by atoms with E-state index in [2.05, 4.69) is 10.3 Å².